The lowest BCUT2D eigenvalue weighted by Gasteiger charge is -2.29. The summed E-state index contributed by atoms with van der Waals surface area (Å²) in [6.07, 6.45) is 3.31. The molecule has 0 amide bonds. The van der Waals surface area contributed by atoms with Crippen LogP contribution < -0.4 is 0 Å². The van der Waals surface area contributed by atoms with Crippen LogP contribution in [-0.2, 0) is 19.1 Å². The zero-order valence-electron chi connectivity index (χ0n) is 13.1. The summed E-state index contributed by atoms with van der Waals surface area (Å²) in [5, 5.41) is 10.3. The first-order chi connectivity index (χ1) is 9.36. The van der Waals surface area contributed by atoms with Gasteiger partial charge in [0.15, 0.2) is 5.78 Å². The number of aliphatic hydroxyl groups is 1. The first-order valence-electron chi connectivity index (χ1n) is 6.83. The van der Waals surface area contributed by atoms with Crippen molar-refractivity contribution in [2.75, 3.05) is 0 Å². The van der Waals surface area contributed by atoms with Gasteiger partial charge >= 0.3 is 5.97 Å². The van der Waals surface area contributed by atoms with E-state index in [-0.39, 0.29) is 12.2 Å². The second-order valence-corrected chi connectivity index (χ2v) is 6.98. The van der Waals surface area contributed by atoms with E-state index in [9.17, 15) is 19.5 Å². The van der Waals surface area contributed by atoms with Crippen LogP contribution in [0, 0.1) is 23.2 Å². The Labute approximate surface area is 125 Å². The molecule has 0 aromatic rings. The van der Waals surface area contributed by atoms with E-state index >= 15 is 0 Å². The van der Waals surface area contributed by atoms with Crippen molar-refractivity contribution in [3.63, 3.8) is 0 Å². The molecule has 5 nitrogen and oxygen atoms in total. The van der Waals surface area contributed by atoms with Crippen LogP contribution >= 0.6 is 0 Å². The van der Waals surface area contributed by atoms with Gasteiger partial charge in [-0.15, -0.1) is 6.42 Å². The maximum Gasteiger partial charge on any atom is 0.309 e. The SMILES string of the molecule is C#C[C@@]1([C@@H](O)CC(=O)OC(C)(C)C)CC(=O)C(C)(C)C1=O. The molecule has 1 fully saturated rings. The Morgan fingerprint density at radius 2 is 1.95 bits per heavy atom. The van der Waals surface area contributed by atoms with Crippen LogP contribution in [0.3, 0.4) is 0 Å². The highest BCUT2D eigenvalue weighted by Gasteiger charge is 2.60. The number of Topliss-reactive ketones (excluding diaryl/α,β-unsaturated/α-hetero) is 2. The van der Waals surface area contributed by atoms with Gasteiger partial charge in [0.2, 0.25) is 0 Å². The van der Waals surface area contributed by atoms with Crippen molar-refractivity contribution in [2.24, 2.45) is 10.8 Å². The molecular formula is C16H22O5. The average molecular weight is 294 g/mol. The van der Waals surface area contributed by atoms with E-state index in [4.69, 9.17) is 11.2 Å². The van der Waals surface area contributed by atoms with Crippen LogP contribution in [0.4, 0.5) is 0 Å². The lowest BCUT2D eigenvalue weighted by atomic mass is 9.75. The van der Waals surface area contributed by atoms with Crippen molar-refractivity contribution in [3.05, 3.63) is 0 Å². The number of hydrogen-bond donors (Lipinski definition) is 1. The number of ether oxygens (including phenoxy) is 1. The topological polar surface area (TPSA) is 80.7 Å². The molecule has 1 aliphatic carbocycles. The number of aliphatic hydroxyl groups excluding tert-OH is 1. The maximum absolute atomic E-state index is 12.4. The van der Waals surface area contributed by atoms with Gasteiger partial charge in [-0.05, 0) is 34.6 Å². The Morgan fingerprint density at radius 3 is 2.29 bits per heavy atom. The first kappa shape index (κ1) is 17.4. The van der Waals surface area contributed by atoms with Crippen LogP contribution in [-0.4, -0.2) is 34.3 Å². The van der Waals surface area contributed by atoms with Crippen LogP contribution in [0.5, 0.6) is 0 Å². The van der Waals surface area contributed by atoms with E-state index in [1.54, 1.807) is 20.8 Å². The minimum atomic E-state index is -1.64. The van der Waals surface area contributed by atoms with E-state index in [1.807, 2.05) is 0 Å². The highest BCUT2D eigenvalue weighted by Crippen LogP contribution is 2.45. The predicted octanol–water partition coefficient (Wildman–Crippen LogP) is 1.27. The average Bonchev–Trinajstić information content (AvgIpc) is 2.48. The smallest absolute Gasteiger partial charge is 0.309 e. The maximum atomic E-state index is 12.4. The van der Waals surface area contributed by atoms with Gasteiger partial charge in [0.05, 0.1) is 17.9 Å². The fraction of sp³-hybridized carbons (Fsp3) is 0.688. The van der Waals surface area contributed by atoms with Gasteiger partial charge in [-0.1, -0.05) is 5.92 Å². The van der Waals surface area contributed by atoms with Gasteiger partial charge in [-0.25, -0.2) is 0 Å². The van der Waals surface area contributed by atoms with Crippen molar-refractivity contribution in [1.82, 2.24) is 0 Å². The molecular weight excluding hydrogens is 272 g/mol. The molecule has 1 saturated carbocycles. The van der Waals surface area contributed by atoms with Gasteiger partial charge in [0.1, 0.15) is 16.8 Å². The Morgan fingerprint density at radius 1 is 1.43 bits per heavy atom. The number of esters is 1. The molecule has 1 N–H and O–H groups in total. The number of rotatable bonds is 3. The van der Waals surface area contributed by atoms with Gasteiger partial charge in [-0.2, -0.15) is 0 Å². The molecule has 5 heteroatoms. The number of carbonyl (C=O) groups is 3. The van der Waals surface area contributed by atoms with Gasteiger partial charge in [0.25, 0.3) is 0 Å². The Kier molecular flexibility index (Phi) is 4.36. The fourth-order valence-corrected chi connectivity index (χ4v) is 2.44. The van der Waals surface area contributed by atoms with Crippen molar-refractivity contribution < 1.29 is 24.2 Å². The predicted molar refractivity (Wildman–Crippen MR) is 76.1 cm³/mol. The summed E-state index contributed by atoms with van der Waals surface area (Å²) in [6.45, 7) is 8.05. The van der Waals surface area contributed by atoms with Crippen molar-refractivity contribution in [1.29, 1.82) is 0 Å². The third-order valence-corrected chi connectivity index (χ3v) is 3.72. The van der Waals surface area contributed by atoms with E-state index in [1.165, 1.54) is 13.8 Å². The number of ketones is 2. The first-order valence-corrected chi connectivity index (χ1v) is 6.83. The molecule has 0 aromatic carbocycles. The highest BCUT2D eigenvalue weighted by atomic mass is 16.6. The molecule has 0 bridgehead atoms. The molecule has 0 spiro atoms. The van der Waals surface area contributed by atoms with Gasteiger partial charge in [0, 0.05) is 6.42 Å². The molecule has 0 aliphatic heterocycles. The third kappa shape index (κ3) is 3.16. The Balaban J connectivity index is 2.97. The molecule has 0 saturated heterocycles. The molecule has 1 aliphatic rings. The van der Waals surface area contributed by atoms with Crippen molar-refractivity contribution in [3.8, 4) is 12.3 Å². The van der Waals surface area contributed by atoms with E-state index in [0.29, 0.717) is 0 Å². The number of carbonyl (C=O) groups excluding carboxylic acids is 3. The lowest BCUT2D eigenvalue weighted by molar-refractivity contribution is -0.159. The van der Waals surface area contributed by atoms with Crippen molar-refractivity contribution in [2.45, 2.75) is 59.2 Å². The molecule has 2 atom stereocenters. The van der Waals surface area contributed by atoms with Crippen LogP contribution in [0.15, 0.2) is 0 Å². The molecule has 116 valence electrons. The molecule has 0 aromatic heterocycles. The summed E-state index contributed by atoms with van der Waals surface area (Å²) < 4.78 is 5.11. The summed E-state index contributed by atoms with van der Waals surface area (Å²) in [5.74, 6) is 0.755. The highest BCUT2D eigenvalue weighted by molar-refractivity contribution is 6.17. The monoisotopic (exact) mass is 294 g/mol. The van der Waals surface area contributed by atoms with Gasteiger partial charge < -0.3 is 9.84 Å². The molecule has 21 heavy (non-hydrogen) atoms. The minimum Gasteiger partial charge on any atom is -0.460 e. The second kappa shape index (κ2) is 5.27. The van der Waals surface area contributed by atoms with E-state index in [2.05, 4.69) is 5.92 Å². The zero-order valence-corrected chi connectivity index (χ0v) is 13.1. The van der Waals surface area contributed by atoms with E-state index in [0.717, 1.165) is 0 Å². The molecule has 0 unspecified atom stereocenters. The quantitative estimate of drug-likeness (QED) is 0.481. The fourth-order valence-electron chi connectivity index (χ4n) is 2.44. The molecule has 0 radical (unpaired) electrons. The third-order valence-electron chi connectivity index (χ3n) is 3.72. The standard InChI is InChI=1S/C16H22O5/c1-7-16(9-11(18)15(5,6)13(16)20)10(17)8-12(19)21-14(2,3)4/h1,10,17H,8-9H2,2-6H3/t10-,16-/m0/s1. The summed E-state index contributed by atoms with van der Waals surface area (Å²) in [5.41, 5.74) is -3.58. The van der Waals surface area contributed by atoms with E-state index < -0.39 is 40.7 Å². The summed E-state index contributed by atoms with van der Waals surface area (Å²) in [4.78, 5) is 36.2. The number of terminal acetylenes is 1. The zero-order chi connectivity index (χ0) is 16.6. The largest absolute Gasteiger partial charge is 0.460 e. The molecule has 1 rings (SSSR count). The summed E-state index contributed by atoms with van der Waals surface area (Å²) in [7, 11) is 0. The summed E-state index contributed by atoms with van der Waals surface area (Å²) in [6, 6.07) is 0. The van der Waals surface area contributed by atoms with Crippen LogP contribution in [0.25, 0.3) is 0 Å². The minimum absolute atomic E-state index is 0.251. The lowest BCUT2D eigenvalue weighted by Crippen LogP contribution is -2.43. The van der Waals surface area contributed by atoms with Gasteiger partial charge in [-0.3, -0.25) is 14.4 Å². The Hall–Kier alpha value is -1.67. The van der Waals surface area contributed by atoms with Crippen LogP contribution in [0.1, 0.15) is 47.5 Å². The normalized spacial score (nSPS) is 26.3. The second-order valence-electron chi connectivity index (χ2n) is 6.98. The van der Waals surface area contributed by atoms with Crippen LogP contribution in [0.2, 0.25) is 0 Å². The van der Waals surface area contributed by atoms with Crippen molar-refractivity contribution >= 4 is 17.5 Å². The molecule has 0 heterocycles. The Bertz CT molecular complexity index is 518. The number of hydrogen-bond acceptors (Lipinski definition) is 5. The summed E-state index contributed by atoms with van der Waals surface area (Å²) >= 11 is 0.